The fraction of sp³-hybridized carbons (Fsp3) is 0.379. The molecule has 34 heavy (non-hydrogen) atoms. The van der Waals surface area contributed by atoms with Gasteiger partial charge in [0.1, 0.15) is 18.2 Å². The molecule has 0 aliphatic carbocycles. The van der Waals surface area contributed by atoms with Gasteiger partial charge in [-0.2, -0.15) is 0 Å². The molecular weight excluding hydrogens is 425 g/mol. The normalized spacial score (nSPS) is 20.1. The third-order valence-electron chi connectivity index (χ3n) is 7.53. The molecule has 4 nitrogen and oxygen atoms in total. The number of rotatable bonds is 5. The minimum absolute atomic E-state index is 0.198. The number of nitrogens with zero attached hydrogens (tertiary/aromatic N) is 3. The number of hydrogen-bond acceptors (Lipinski definition) is 4. The van der Waals surface area contributed by atoms with Gasteiger partial charge >= 0.3 is 0 Å². The van der Waals surface area contributed by atoms with Crippen molar-refractivity contribution in [2.75, 3.05) is 42.5 Å². The zero-order valence-electron chi connectivity index (χ0n) is 19.6. The lowest BCUT2D eigenvalue weighted by Gasteiger charge is -2.32. The number of ether oxygens (including phenoxy) is 1. The maximum Gasteiger partial charge on any atom is 0.143 e. The Labute approximate surface area is 201 Å². The van der Waals surface area contributed by atoms with E-state index in [1.165, 1.54) is 43.2 Å². The molecule has 1 unspecified atom stereocenters. The molecule has 2 saturated heterocycles. The minimum Gasteiger partial charge on any atom is -0.487 e. The molecule has 3 aliphatic rings. The van der Waals surface area contributed by atoms with Crippen molar-refractivity contribution in [3.8, 4) is 5.75 Å². The largest absolute Gasteiger partial charge is 0.487 e. The highest BCUT2D eigenvalue weighted by Gasteiger charge is 2.33. The second-order valence-corrected chi connectivity index (χ2v) is 9.76. The van der Waals surface area contributed by atoms with Gasteiger partial charge in [0.15, 0.2) is 0 Å². The van der Waals surface area contributed by atoms with E-state index in [-0.39, 0.29) is 5.82 Å². The summed E-state index contributed by atoms with van der Waals surface area (Å²) in [5.74, 6) is 0.673. The molecule has 176 valence electrons. The van der Waals surface area contributed by atoms with Gasteiger partial charge in [-0.15, -0.1) is 0 Å². The molecule has 3 aromatic rings. The summed E-state index contributed by atoms with van der Waals surface area (Å²) in [5.41, 5.74) is 5.80. The van der Waals surface area contributed by atoms with Crippen molar-refractivity contribution in [3.63, 3.8) is 0 Å². The lowest BCUT2D eigenvalue weighted by molar-refractivity contribution is 0.310. The van der Waals surface area contributed by atoms with E-state index in [0.29, 0.717) is 12.6 Å². The monoisotopic (exact) mass is 457 g/mol. The maximum absolute atomic E-state index is 14.3. The zero-order chi connectivity index (χ0) is 22.9. The molecule has 0 saturated carbocycles. The highest BCUT2D eigenvalue weighted by atomic mass is 19.1. The van der Waals surface area contributed by atoms with Gasteiger partial charge in [0.25, 0.3) is 0 Å². The van der Waals surface area contributed by atoms with Crippen LogP contribution < -0.4 is 14.5 Å². The molecular formula is C29H32FN3O. The Morgan fingerprint density at radius 3 is 2.68 bits per heavy atom. The van der Waals surface area contributed by atoms with Gasteiger partial charge < -0.3 is 19.4 Å². The summed E-state index contributed by atoms with van der Waals surface area (Å²) in [6.45, 7) is 5.90. The van der Waals surface area contributed by atoms with Gasteiger partial charge in [0, 0.05) is 50.0 Å². The van der Waals surface area contributed by atoms with Crippen LogP contribution in [0.4, 0.5) is 21.5 Å². The molecule has 0 aromatic heterocycles. The van der Waals surface area contributed by atoms with E-state index in [1.807, 2.05) is 24.3 Å². The Morgan fingerprint density at radius 1 is 0.882 bits per heavy atom. The fourth-order valence-corrected chi connectivity index (χ4v) is 5.74. The van der Waals surface area contributed by atoms with Gasteiger partial charge in [-0.3, -0.25) is 0 Å². The topological polar surface area (TPSA) is 19.0 Å². The molecule has 0 spiro atoms. The Morgan fingerprint density at radius 2 is 1.76 bits per heavy atom. The van der Waals surface area contributed by atoms with E-state index in [2.05, 4.69) is 45.0 Å². The summed E-state index contributed by atoms with van der Waals surface area (Å²) in [6.07, 6.45) is 4.71. The van der Waals surface area contributed by atoms with Crippen molar-refractivity contribution >= 4 is 17.1 Å². The minimum atomic E-state index is -0.198. The standard InChI is InChI=1S/C29H32FN3O/c30-24-11-10-23-21-34-29-9-2-1-8-27(29)33(28(23)19-24)26-13-17-31(20-26)16-12-22-6-5-7-25(18-22)32-14-3-4-15-32/h1-2,5-11,18-19,26H,3-4,12-17,20-21H2. The van der Waals surface area contributed by atoms with Crippen LogP contribution in [0.25, 0.3) is 0 Å². The summed E-state index contributed by atoms with van der Waals surface area (Å²) in [4.78, 5) is 7.39. The van der Waals surface area contributed by atoms with E-state index in [4.69, 9.17) is 4.74 Å². The highest BCUT2D eigenvalue weighted by Crippen LogP contribution is 2.42. The molecule has 1 atom stereocenters. The Kier molecular flexibility index (Phi) is 5.88. The quantitative estimate of drug-likeness (QED) is 0.484. The van der Waals surface area contributed by atoms with Crippen LogP contribution in [-0.2, 0) is 13.0 Å². The number of anilines is 3. The van der Waals surface area contributed by atoms with Crippen molar-refractivity contribution in [2.45, 2.75) is 38.3 Å². The summed E-state index contributed by atoms with van der Waals surface area (Å²) in [7, 11) is 0. The number of benzene rings is 3. The maximum atomic E-state index is 14.3. The predicted octanol–water partition coefficient (Wildman–Crippen LogP) is 5.77. The van der Waals surface area contributed by atoms with Crippen LogP contribution in [0.5, 0.6) is 5.75 Å². The van der Waals surface area contributed by atoms with Crippen molar-refractivity contribution in [2.24, 2.45) is 0 Å². The Bertz CT molecular complexity index is 1160. The summed E-state index contributed by atoms with van der Waals surface area (Å²) >= 11 is 0. The van der Waals surface area contributed by atoms with Crippen LogP contribution in [0.2, 0.25) is 0 Å². The lowest BCUT2D eigenvalue weighted by atomic mass is 10.1. The van der Waals surface area contributed by atoms with Crippen LogP contribution in [-0.4, -0.2) is 43.7 Å². The third-order valence-corrected chi connectivity index (χ3v) is 7.53. The van der Waals surface area contributed by atoms with E-state index in [9.17, 15) is 4.39 Å². The number of fused-ring (bicyclic) bond motifs is 2. The molecule has 3 heterocycles. The average molecular weight is 458 g/mol. The highest BCUT2D eigenvalue weighted by molar-refractivity contribution is 5.73. The number of halogens is 1. The molecule has 6 rings (SSSR count). The van der Waals surface area contributed by atoms with Crippen molar-refractivity contribution in [3.05, 3.63) is 83.7 Å². The van der Waals surface area contributed by atoms with Gasteiger partial charge in [-0.1, -0.05) is 30.3 Å². The first-order valence-electron chi connectivity index (χ1n) is 12.6. The molecule has 5 heteroatoms. The number of hydrogen-bond donors (Lipinski definition) is 0. The molecule has 0 amide bonds. The van der Waals surface area contributed by atoms with E-state index in [1.54, 1.807) is 6.07 Å². The molecule has 0 N–H and O–H groups in total. The van der Waals surface area contributed by atoms with Gasteiger partial charge in [-0.05, 0) is 67.6 Å². The first-order valence-corrected chi connectivity index (χ1v) is 12.6. The molecule has 3 aliphatic heterocycles. The average Bonchev–Trinajstić information content (AvgIpc) is 3.54. The van der Waals surface area contributed by atoms with Crippen LogP contribution in [0.3, 0.4) is 0 Å². The number of para-hydroxylation sites is 2. The first kappa shape index (κ1) is 21.5. The molecule has 3 aromatic carbocycles. The van der Waals surface area contributed by atoms with Crippen molar-refractivity contribution in [1.82, 2.24) is 4.90 Å². The van der Waals surface area contributed by atoms with Crippen LogP contribution in [0.1, 0.15) is 30.4 Å². The number of likely N-dealkylation sites (tertiary alicyclic amines) is 1. The van der Waals surface area contributed by atoms with Crippen LogP contribution >= 0.6 is 0 Å². The summed E-state index contributed by atoms with van der Waals surface area (Å²) < 4.78 is 20.4. The molecule has 0 bridgehead atoms. The van der Waals surface area contributed by atoms with Gasteiger partial charge in [-0.25, -0.2) is 4.39 Å². The van der Waals surface area contributed by atoms with Crippen LogP contribution in [0, 0.1) is 5.82 Å². The second-order valence-electron chi connectivity index (χ2n) is 9.76. The van der Waals surface area contributed by atoms with E-state index in [0.717, 1.165) is 55.2 Å². The van der Waals surface area contributed by atoms with E-state index >= 15 is 0 Å². The molecule has 0 radical (unpaired) electrons. The lowest BCUT2D eigenvalue weighted by Crippen LogP contribution is -2.35. The van der Waals surface area contributed by atoms with Gasteiger partial charge in [0.05, 0.1) is 11.4 Å². The molecule has 2 fully saturated rings. The van der Waals surface area contributed by atoms with E-state index < -0.39 is 0 Å². The SMILES string of the molecule is Fc1ccc2c(c1)N(C1CCN(CCc3cccc(N4CCCC4)c3)C1)c1ccccc1OC2. The second kappa shape index (κ2) is 9.30. The predicted molar refractivity (Wildman–Crippen MR) is 136 cm³/mol. The zero-order valence-corrected chi connectivity index (χ0v) is 19.6. The fourth-order valence-electron chi connectivity index (χ4n) is 5.74. The first-order chi connectivity index (χ1) is 16.7. The van der Waals surface area contributed by atoms with Crippen molar-refractivity contribution < 1.29 is 9.13 Å². The summed E-state index contributed by atoms with van der Waals surface area (Å²) in [6, 6.07) is 22.6. The summed E-state index contributed by atoms with van der Waals surface area (Å²) in [5, 5.41) is 0. The Balaban J connectivity index is 1.19. The van der Waals surface area contributed by atoms with Gasteiger partial charge in [0.2, 0.25) is 0 Å². The van der Waals surface area contributed by atoms with Crippen LogP contribution in [0.15, 0.2) is 66.7 Å². The Hall–Kier alpha value is -3.05. The smallest absolute Gasteiger partial charge is 0.143 e. The third kappa shape index (κ3) is 4.25. The van der Waals surface area contributed by atoms with Crippen molar-refractivity contribution in [1.29, 1.82) is 0 Å².